The molecule has 2 N–H and O–H groups in total. The van der Waals surface area contributed by atoms with Crippen LogP contribution in [0.1, 0.15) is 52.7 Å². The van der Waals surface area contributed by atoms with Crippen molar-refractivity contribution in [2.24, 2.45) is 0 Å². The van der Waals surface area contributed by atoms with Gasteiger partial charge >= 0.3 is 0 Å². The maximum absolute atomic E-state index is 12.9. The van der Waals surface area contributed by atoms with E-state index in [1.807, 2.05) is 32.0 Å². The fraction of sp³-hybridized carbons (Fsp3) is 0.387. The molecular weight excluding hydrogens is 604 g/mol. The molecule has 9 nitrogen and oxygen atoms in total. The Labute approximate surface area is 262 Å². The van der Waals surface area contributed by atoms with Crippen molar-refractivity contribution >= 4 is 55.9 Å². The number of nitrogens with zero attached hydrogens (tertiary/aromatic N) is 4. The van der Waals surface area contributed by atoms with Crippen molar-refractivity contribution in [1.82, 2.24) is 19.9 Å². The number of para-hydroxylation sites is 1. The van der Waals surface area contributed by atoms with Crippen LogP contribution >= 0.6 is 22.9 Å². The van der Waals surface area contributed by atoms with Crippen LogP contribution in [0.4, 0.5) is 23.1 Å². The molecule has 3 heterocycles. The average Bonchev–Trinajstić information content (AvgIpc) is 3.44. The van der Waals surface area contributed by atoms with E-state index in [1.54, 1.807) is 49.4 Å². The number of anilines is 4. The number of thiazole rings is 1. The number of sulfone groups is 1. The molecule has 2 aromatic carbocycles. The molecule has 228 valence electrons. The predicted molar refractivity (Wildman–Crippen MR) is 175 cm³/mol. The van der Waals surface area contributed by atoms with Gasteiger partial charge in [-0.2, -0.15) is 4.98 Å². The highest BCUT2D eigenvalue weighted by Crippen LogP contribution is 2.36. The molecule has 2 aromatic heterocycles. The standard InChI is InChI=1S/C31H37ClN6O3S2/c1-20(2)41-27-16-22(30-34-23(19-42-30)18-38-14-8-5-9-15-38)12-13-25(27)36-31-33-17-24(32)29(37-31)35-26-10-6-7-11-28(26)43(39,40)21(3)4/h6-7,10-13,16-17,19-21H,5,8-9,14-15,18H2,1-4H3,(H2,33,35,36,37). The minimum absolute atomic E-state index is 0.0653. The number of hydrogen-bond donors (Lipinski definition) is 2. The Bertz CT molecular complexity index is 1670. The normalized spacial score (nSPS) is 14.3. The molecule has 1 aliphatic heterocycles. The van der Waals surface area contributed by atoms with Crippen LogP contribution in [0.15, 0.2) is 58.9 Å². The zero-order valence-electron chi connectivity index (χ0n) is 24.8. The number of nitrogens with one attached hydrogen (secondary N) is 2. The molecule has 0 radical (unpaired) electrons. The van der Waals surface area contributed by atoms with Crippen LogP contribution < -0.4 is 15.4 Å². The molecule has 0 unspecified atom stereocenters. The van der Waals surface area contributed by atoms with E-state index in [2.05, 4.69) is 30.9 Å². The number of likely N-dealkylation sites (tertiary alicyclic amines) is 1. The maximum atomic E-state index is 12.9. The van der Waals surface area contributed by atoms with Crippen LogP contribution in [0.2, 0.25) is 5.02 Å². The minimum atomic E-state index is -3.54. The Balaban J connectivity index is 1.38. The van der Waals surface area contributed by atoms with Crippen molar-refractivity contribution in [1.29, 1.82) is 0 Å². The van der Waals surface area contributed by atoms with Gasteiger partial charge in [0.25, 0.3) is 0 Å². The van der Waals surface area contributed by atoms with Crippen molar-refractivity contribution in [3.63, 3.8) is 0 Å². The summed E-state index contributed by atoms with van der Waals surface area (Å²) in [5.74, 6) is 1.19. The summed E-state index contributed by atoms with van der Waals surface area (Å²) in [5.41, 5.74) is 3.13. The Morgan fingerprint density at radius 3 is 2.51 bits per heavy atom. The summed E-state index contributed by atoms with van der Waals surface area (Å²) in [6.07, 6.45) is 5.22. The van der Waals surface area contributed by atoms with Crippen LogP contribution in [0, 0.1) is 0 Å². The Hall–Kier alpha value is -3.25. The molecule has 1 aliphatic rings. The SMILES string of the molecule is CC(C)Oc1cc(-c2nc(CN3CCCCC3)cs2)ccc1Nc1ncc(Cl)c(Nc2ccccc2S(=O)(=O)C(C)C)n1. The second kappa shape index (κ2) is 13.6. The van der Waals surface area contributed by atoms with Crippen molar-refractivity contribution in [2.75, 3.05) is 23.7 Å². The van der Waals surface area contributed by atoms with E-state index in [9.17, 15) is 8.42 Å². The lowest BCUT2D eigenvalue weighted by atomic mass is 10.1. The Morgan fingerprint density at radius 1 is 1.00 bits per heavy atom. The van der Waals surface area contributed by atoms with E-state index in [0.29, 0.717) is 17.1 Å². The van der Waals surface area contributed by atoms with Gasteiger partial charge in [0.15, 0.2) is 15.7 Å². The number of benzene rings is 2. The van der Waals surface area contributed by atoms with Crippen molar-refractivity contribution in [3.05, 3.63) is 64.8 Å². The molecule has 0 atom stereocenters. The van der Waals surface area contributed by atoms with Gasteiger partial charge in [-0.3, -0.25) is 4.90 Å². The lowest BCUT2D eigenvalue weighted by Gasteiger charge is -2.25. The third kappa shape index (κ3) is 7.64. The van der Waals surface area contributed by atoms with Crippen LogP contribution in [0.5, 0.6) is 5.75 Å². The third-order valence-electron chi connectivity index (χ3n) is 7.04. The molecule has 0 saturated carbocycles. The molecule has 0 bridgehead atoms. The van der Waals surface area contributed by atoms with Crippen molar-refractivity contribution in [3.8, 4) is 16.3 Å². The molecule has 0 amide bonds. The van der Waals surface area contributed by atoms with Gasteiger partial charge in [-0.15, -0.1) is 11.3 Å². The highest BCUT2D eigenvalue weighted by atomic mass is 35.5. The van der Waals surface area contributed by atoms with Gasteiger partial charge in [-0.05, 0) is 84.0 Å². The van der Waals surface area contributed by atoms with Gasteiger partial charge < -0.3 is 15.4 Å². The molecule has 0 spiro atoms. The van der Waals surface area contributed by atoms with E-state index in [0.717, 1.165) is 35.9 Å². The molecule has 12 heteroatoms. The smallest absolute Gasteiger partial charge is 0.229 e. The quantitative estimate of drug-likeness (QED) is 0.170. The fourth-order valence-electron chi connectivity index (χ4n) is 4.80. The molecule has 5 rings (SSSR count). The zero-order chi connectivity index (χ0) is 30.6. The van der Waals surface area contributed by atoms with E-state index in [-0.39, 0.29) is 27.8 Å². The zero-order valence-corrected chi connectivity index (χ0v) is 27.2. The summed E-state index contributed by atoms with van der Waals surface area (Å²) in [7, 11) is -3.54. The lowest BCUT2D eigenvalue weighted by molar-refractivity contribution is 0.219. The average molecular weight is 641 g/mol. The van der Waals surface area contributed by atoms with E-state index < -0.39 is 15.1 Å². The number of halogens is 1. The predicted octanol–water partition coefficient (Wildman–Crippen LogP) is 7.70. The first-order valence-corrected chi connectivity index (χ1v) is 17.3. The van der Waals surface area contributed by atoms with E-state index in [4.69, 9.17) is 21.3 Å². The van der Waals surface area contributed by atoms with Crippen LogP contribution in [0.25, 0.3) is 10.6 Å². The van der Waals surface area contributed by atoms with Gasteiger partial charge in [0.05, 0.1) is 39.5 Å². The number of aromatic nitrogens is 3. The summed E-state index contributed by atoms with van der Waals surface area (Å²) >= 11 is 8.07. The van der Waals surface area contributed by atoms with Crippen LogP contribution in [0.3, 0.4) is 0 Å². The number of ether oxygens (including phenoxy) is 1. The summed E-state index contributed by atoms with van der Waals surface area (Å²) in [4.78, 5) is 16.5. The van der Waals surface area contributed by atoms with Crippen molar-refractivity contribution < 1.29 is 13.2 Å². The number of piperidine rings is 1. The molecule has 4 aromatic rings. The summed E-state index contributed by atoms with van der Waals surface area (Å²) in [6.45, 7) is 10.4. The first-order valence-electron chi connectivity index (χ1n) is 14.5. The second-order valence-electron chi connectivity index (χ2n) is 11.1. The maximum Gasteiger partial charge on any atom is 0.229 e. The molecule has 1 fully saturated rings. The van der Waals surface area contributed by atoms with Crippen LogP contribution in [-0.4, -0.2) is 52.7 Å². The van der Waals surface area contributed by atoms with Gasteiger partial charge in [-0.1, -0.05) is 30.2 Å². The van der Waals surface area contributed by atoms with Crippen molar-refractivity contribution in [2.45, 2.75) is 69.8 Å². The van der Waals surface area contributed by atoms with E-state index in [1.165, 1.54) is 25.5 Å². The highest BCUT2D eigenvalue weighted by Gasteiger charge is 2.23. The largest absolute Gasteiger partial charge is 0.489 e. The monoisotopic (exact) mass is 640 g/mol. The molecule has 43 heavy (non-hydrogen) atoms. The summed E-state index contributed by atoms with van der Waals surface area (Å²) < 4.78 is 32.1. The Morgan fingerprint density at radius 2 is 1.77 bits per heavy atom. The highest BCUT2D eigenvalue weighted by molar-refractivity contribution is 7.92. The number of rotatable bonds is 11. The molecule has 1 saturated heterocycles. The molecule has 0 aliphatic carbocycles. The first-order chi connectivity index (χ1) is 20.6. The Kier molecular flexibility index (Phi) is 9.85. The van der Waals surface area contributed by atoms with E-state index >= 15 is 0 Å². The lowest BCUT2D eigenvalue weighted by Crippen LogP contribution is -2.29. The topological polar surface area (TPSA) is 109 Å². The van der Waals surface area contributed by atoms with Gasteiger partial charge in [0.1, 0.15) is 15.8 Å². The minimum Gasteiger partial charge on any atom is -0.489 e. The fourth-order valence-corrected chi connectivity index (χ4v) is 6.95. The third-order valence-corrected chi connectivity index (χ3v) is 10.5. The number of hydrogen-bond acceptors (Lipinski definition) is 10. The molecular formula is C31H37ClN6O3S2. The van der Waals surface area contributed by atoms with Crippen LogP contribution in [-0.2, 0) is 16.4 Å². The van der Waals surface area contributed by atoms with Gasteiger partial charge in [0.2, 0.25) is 5.95 Å². The first kappa shape index (κ1) is 31.2. The van der Waals surface area contributed by atoms with Gasteiger partial charge in [0, 0.05) is 17.5 Å². The second-order valence-corrected chi connectivity index (χ2v) is 14.8. The summed E-state index contributed by atoms with van der Waals surface area (Å²) in [6, 6.07) is 12.6. The van der Waals surface area contributed by atoms with Gasteiger partial charge in [-0.25, -0.2) is 18.4 Å². The summed E-state index contributed by atoms with van der Waals surface area (Å²) in [5, 5.41) is 9.09.